The third kappa shape index (κ3) is 3.17. The van der Waals surface area contributed by atoms with E-state index >= 15 is 0 Å². The number of aromatic nitrogens is 2. The van der Waals surface area contributed by atoms with Crippen LogP contribution in [0.2, 0.25) is 0 Å². The molecule has 0 saturated carbocycles. The zero-order valence-electron chi connectivity index (χ0n) is 16.3. The van der Waals surface area contributed by atoms with Gasteiger partial charge in [-0.1, -0.05) is 30.3 Å². The average Bonchev–Trinajstić information content (AvgIpc) is 3.35. The van der Waals surface area contributed by atoms with Gasteiger partial charge in [0.15, 0.2) is 5.75 Å². The molecule has 0 aliphatic carbocycles. The number of rotatable bonds is 4. The van der Waals surface area contributed by atoms with Crippen molar-refractivity contribution in [2.45, 2.75) is 26.3 Å². The Morgan fingerprint density at radius 2 is 1.90 bits per heavy atom. The highest BCUT2D eigenvalue weighted by Crippen LogP contribution is 2.32. The quantitative estimate of drug-likeness (QED) is 0.520. The highest BCUT2D eigenvalue weighted by atomic mass is 32.1. The lowest BCUT2D eigenvalue weighted by Crippen LogP contribution is -2.20. The molecule has 0 bridgehead atoms. The van der Waals surface area contributed by atoms with Gasteiger partial charge in [0.25, 0.3) is 11.5 Å². The van der Waals surface area contributed by atoms with Crippen molar-refractivity contribution in [1.82, 2.24) is 9.55 Å². The lowest BCUT2D eigenvalue weighted by atomic mass is 10.2. The first kappa shape index (κ1) is 18.6. The Bertz CT molecular complexity index is 1330. The van der Waals surface area contributed by atoms with Gasteiger partial charge in [0, 0.05) is 13.0 Å². The second-order valence-corrected chi connectivity index (χ2v) is 8.19. The SMILES string of the molecule is Cc1c(C(=O)Nc2ccccc2Oc2ccccc2)sc2nc3n(c(=O)c12)CCC3. The van der Waals surface area contributed by atoms with E-state index in [0.717, 1.165) is 18.7 Å². The summed E-state index contributed by atoms with van der Waals surface area (Å²) in [6, 6.07) is 16.7. The van der Waals surface area contributed by atoms with E-state index in [1.54, 1.807) is 16.7 Å². The van der Waals surface area contributed by atoms with E-state index in [2.05, 4.69) is 10.3 Å². The van der Waals surface area contributed by atoms with Gasteiger partial charge in [0.1, 0.15) is 16.4 Å². The van der Waals surface area contributed by atoms with Gasteiger partial charge in [0.2, 0.25) is 0 Å². The molecule has 0 spiro atoms. The first-order valence-electron chi connectivity index (χ1n) is 9.78. The van der Waals surface area contributed by atoms with Crippen LogP contribution in [0.5, 0.6) is 11.5 Å². The number of nitrogens with zero attached hydrogens (tertiary/aromatic N) is 2. The van der Waals surface area contributed by atoms with Crippen molar-refractivity contribution in [1.29, 1.82) is 0 Å². The second kappa shape index (κ2) is 7.42. The van der Waals surface area contributed by atoms with Crippen molar-refractivity contribution in [2.75, 3.05) is 5.32 Å². The number of amides is 1. The van der Waals surface area contributed by atoms with Crippen LogP contribution in [0.15, 0.2) is 59.4 Å². The van der Waals surface area contributed by atoms with Crippen LogP contribution in [0.4, 0.5) is 5.69 Å². The molecule has 3 heterocycles. The van der Waals surface area contributed by atoms with Gasteiger partial charge in [-0.05, 0) is 43.2 Å². The minimum atomic E-state index is -0.274. The van der Waals surface area contributed by atoms with Gasteiger partial charge in [-0.2, -0.15) is 0 Å². The maximum atomic E-state index is 13.1. The van der Waals surface area contributed by atoms with Crippen LogP contribution < -0.4 is 15.6 Å². The fourth-order valence-corrected chi connectivity index (χ4v) is 4.83. The van der Waals surface area contributed by atoms with Crippen LogP contribution in [0.1, 0.15) is 27.5 Å². The highest BCUT2D eigenvalue weighted by molar-refractivity contribution is 7.20. The molecule has 6 nitrogen and oxygen atoms in total. The van der Waals surface area contributed by atoms with Gasteiger partial charge in [-0.15, -0.1) is 11.3 Å². The molecule has 0 fully saturated rings. The Kier molecular flexibility index (Phi) is 4.59. The number of hydrogen-bond donors (Lipinski definition) is 1. The molecule has 1 aliphatic rings. The summed E-state index contributed by atoms with van der Waals surface area (Å²) in [4.78, 5) is 31.7. The number of hydrogen-bond acceptors (Lipinski definition) is 5. The number of thiophene rings is 1. The summed E-state index contributed by atoms with van der Waals surface area (Å²) in [7, 11) is 0. The lowest BCUT2D eigenvalue weighted by Gasteiger charge is -2.12. The largest absolute Gasteiger partial charge is 0.455 e. The molecular formula is C23H19N3O3S. The molecule has 4 aromatic rings. The fraction of sp³-hybridized carbons (Fsp3) is 0.174. The predicted octanol–water partition coefficient (Wildman–Crippen LogP) is 4.76. The van der Waals surface area contributed by atoms with Crippen molar-refractivity contribution < 1.29 is 9.53 Å². The molecule has 30 heavy (non-hydrogen) atoms. The Morgan fingerprint density at radius 1 is 1.13 bits per heavy atom. The number of aryl methyl sites for hydroxylation is 2. The summed E-state index contributed by atoms with van der Waals surface area (Å²) in [6.07, 6.45) is 1.73. The number of carbonyl (C=O) groups excluding carboxylic acids is 1. The molecule has 7 heteroatoms. The Morgan fingerprint density at radius 3 is 2.73 bits per heavy atom. The molecular weight excluding hydrogens is 398 g/mol. The van der Waals surface area contributed by atoms with E-state index in [1.165, 1.54) is 11.3 Å². The first-order chi connectivity index (χ1) is 14.6. The number of fused-ring (bicyclic) bond motifs is 2. The van der Waals surface area contributed by atoms with Crippen LogP contribution >= 0.6 is 11.3 Å². The third-order valence-corrected chi connectivity index (χ3v) is 6.41. The van der Waals surface area contributed by atoms with Crippen LogP contribution in [0, 0.1) is 6.92 Å². The van der Waals surface area contributed by atoms with E-state index in [0.29, 0.717) is 44.4 Å². The number of ether oxygens (including phenoxy) is 1. The maximum absolute atomic E-state index is 13.1. The molecule has 0 saturated heterocycles. The van der Waals surface area contributed by atoms with Crippen LogP contribution in [-0.4, -0.2) is 15.5 Å². The first-order valence-corrected chi connectivity index (χ1v) is 10.6. The summed E-state index contributed by atoms with van der Waals surface area (Å²) in [5.41, 5.74) is 1.19. The molecule has 0 atom stereocenters. The van der Waals surface area contributed by atoms with Crippen molar-refractivity contribution in [3.63, 3.8) is 0 Å². The minimum Gasteiger partial charge on any atom is -0.455 e. The topological polar surface area (TPSA) is 73.2 Å². The zero-order valence-corrected chi connectivity index (χ0v) is 17.2. The average molecular weight is 417 g/mol. The molecule has 2 aromatic heterocycles. The molecule has 1 aliphatic heterocycles. The van der Waals surface area contributed by atoms with Gasteiger partial charge < -0.3 is 10.1 Å². The Hall–Kier alpha value is -3.45. The normalized spacial score (nSPS) is 12.7. The number of benzene rings is 2. The van der Waals surface area contributed by atoms with E-state index in [1.807, 2.05) is 49.4 Å². The maximum Gasteiger partial charge on any atom is 0.266 e. The van der Waals surface area contributed by atoms with Crippen LogP contribution in [-0.2, 0) is 13.0 Å². The summed E-state index contributed by atoms with van der Waals surface area (Å²) >= 11 is 1.26. The van der Waals surface area contributed by atoms with E-state index in [4.69, 9.17) is 4.74 Å². The molecule has 1 amide bonds. The monoisotopic (exact) mass is 417 g/mol. The third-order valence-electron chi connectivity index (χ3n) is 5.22. The van der Waals surface area contributed by atoms with E-state index in [9.17, 15) is 9.59 Å². The van der Waals surface area contributed by atoms with Crippen molar-refractivity contribution in [3.05, 3.63) is 81.2 Å². The molecule has 1 N–H and O–H groups in total. The van der Waals surface area contributed by atoms with E-state index in [-0.39, 0.29) is 11.5 Å². The predicted molar refractivity (Wildman–Crippen MR) is 118 cm³/mol. The standard InChI is InChI=1S/C23H19N3O3S/c1-14-19-22(25-18-12-7-13-26(18)23(19)28)30-20(14)21(27)24-16-10-5-6-11-17(16)29-15-8-3-2-4-9-15/h2-6,8-11H,7,12-13H2,1H3,(H,24,27). The van der Waals surface area contributed by atoms with Gasteiger partial charge >= 0.3 is 0 Å². The number of nitrogens with one attached hydrogen (secondary N) is 1. The summed E-state index contributed by atoms with van der Waals surface area (Å²) in [6.45, 7) is 2.50. The number of carbonyl (C=O) groups is 1. The lowest BCUT2D eigenvalue weighted by molar-refractivity contribution is 0.102. The smallest absolute Gasteiger partial charge is 0.266 e. The van der Waals surface area contributed by atoms with Gasteiger partial charge in [0.05, 0.1) is 16.0 Å². The zero-order chi connectivity index (χ0) is 20.7. The van der Waals surface area contributed by atoms with Crippen LogP contribution in [0.25, 0.3) is 10.2 Å². The molecule has 2 aromatic carbocycles. The van der Waals surface area contributed by atoms with Crippen molar-refractivity contribution in [3.8, 4) is 11.5 Å². The van der Waals surface area contributed by atoms with E-state index < -0.39 is 0 Å². The molecule has 0 unspecified atom stereocenters. The Labute approximate surface area is 176 Å². The number of para-hydroxylation sites is 3. The van der Waals surface area contributed by atoms with Crippen molar-refractivity contribution >= 4 is 33.1 Å². The number of anilines is 1. The molecule has 5 rings (SSSR count). The van der Waals surface area contributed by atoms with Crippen molar-refractivity contribution in [2.24, 2.45) is 0 Å². The summed E-state index contributed by atoms with van der Waals surface area (Å²) in [5, 5.41) is 3.48. The second-order valence-electron chi connectivity index (χ2n) is 7.19. The Balaban J connectivity index is 1.48. The molecule has 0 radical (unpaired) electrons. The summed E-state index contributed by atoms with van der Waals surface area (Å²) < 4.78 is 7.66. The van der Waals surface area contributed by atoms with Gasteiger partial charge in [-0.3, -0.25) is 14.2 Å². The van der Waals surface area contributed by atoms with Crippen LogP contribution in [0.3, 0.4) is 0 Å². The highest BCUT2D eigenvalue weighted by Gasteiger charge is 2.23. The fourth-order valence-electron chi connectivity index (χ4n) is 3.75. The summed E-state index contributed by atoms with van der Waals surface area (Å²) in [5.74, 6) is 1.77. The minimum absolute atomic E-state index is 0.0480. The van der Waals surface area contributed by atoms with Gasteiger partial charge in [-0.25, -0.2) is 4.98 Å². The molecule has 150 valence electrons.